The van der Waals surface area contributed by atoms with Crippen LogP contribution in [0.5, 0.6) is 0 Å². The minimum Gasteiger partial charge on any atom is -0.481 e. The molecule has 0 radical (unpaired) electrons. The van der Waals surface area contributed by atoms with Gasteiger partial charge < -0.3 is 20.9 Å². The van der Waals surface area contributed by atoms with Crippen molar-refractivity contribution in [1.82, 2.24) is 5.32 Å². The van der Waals surface area contributed by atoms with Crippen LogP contribution in [0.1, 0.15) is 46.0 Å². The number of amides is 1. The molecule has 0 bridgehead atoms. The molecule has 0 aromatic rings. The van der Waals surface area contributed by atoms with Gasteiger partial charge in [0.15, 0.2) is 0 Å². The Kier molecular flexibility index (Phi) is 5.50. The lowest BCUT2D eigenvalue weighted by Crippen LogP contribution is -2.49. The third kappa shape index (κ3) is 4.80. The van der Waals surface area contributed by atoms with Gasteiger partial charge in [-0.15, -0.1) is 0 Å². The second-order valence-corrected chi connectivity index (χ2v) is 5.51. The number of rotatable bonds is 6. The van der Waals surface area contributed by atoms with E-state index in [1.807, 2.05) is 6.92 Å². The molecule has 0 saturated heterocycles. The van der Waals surface area contributed by atoms with E-state index in [0.717, 1.165) is 25.7 Å². The van der Waals surface area contributed by atoms with Gasteiger partial charge in [0.1, 0.15) is 11.6 Å². The molecule has 4 N–H and O–H groups in total. The molecule has 1 amide bonds. The number of hydrogen-bond donors (Lipinski definition) is 3. The Hall–Kier alpha value is -1.63. The van der Waals surface area contributed by atoms with Gasteiger partial charge in [-0.2, -0.15) is 0 Å². The van der Waals surface area contributed by atoms with Crippen molar-refractivity contribution in [3.05, 3.63) is 0 Å². The second-order valence-electron chi connectivity index (χ2n) is 5.51. The Morgan fingerprint density at radius 1 is 1.35 bits per heavy atom. The summed E-state index contributed by atoms with van der Waals surface area (Å²) in [5.74, 6) is -2.36. The summed E-state index contributed by atoms with van der Waals surface area (Å²) in [7, 11) is 0. The van der Waals surface area contributed by atoms with Crippen molar-refractivity contribution in [3.8, 4) is 0 Å². The number of esters is 1. The summed E-state index contributed by atoms with van der Waals surface area (Å²) in [6.45, 7) is 3.37. The molecule has 1 rings (SSSR count). The van der Waals surface area contributed by atoms with Crippen molar-refractivity contribution in [2.45, 2.75) is 63.6 Å². The van der Waals surface area contributed by atoms with Crippen LogP contribution in [0, 0.1) is 0 Å². The van der Waals surface area contributed by atoms with Gasteiger partial charge in [0.05, 0.1) is 12.5 Å². The molecule has 1 aliphatic carbocycles. The summed E-state index contributed by atoms with van der Waals surface area (Å²) >= 11 is 0. The van der Waals surface area contributed by atoms with Gasteiger partial charge in [0, 0.05) is 0 Å². The molecule has 1 fully saturated rings. The van der Waals surface area contributed by atoms with Crippen molar-refractivity contribution in [2.24, 2.45) is 5.73 Å². The van der Waals surface area contributed by atoms with Crippen LogP contribution in [0.3, 0.4) is 0 Å². The van der Waals surface area contributed by atoms with Gasteiger partial charge in [-0.3, -0.25) is 9.59 Å². The number of nitrogens with two attached hydrogens (primary N) is 1. The van der Waals surface area contributed by atoms with E-state index >= 15 is 0 Å². The maximum Gasteiger partial charge on any atom is 0.328 e. The lowest BCUT2D eigenvalue weighted by atomic mass is 10.1. The largest absolute Gasteiger partial charge is 0.481 e. The van der Waals surface area contributed by atoms with Crippen LogP contribution in [0.15, 0.2) is 0 Å². The van der Waals surface area contributed by atoms with Crippen LogP contribution in [-0.2, 0) is 19.1 Å². The molecular weight excluding hydrogens is 264 g/mol. The molecule has 20 heavy (non-hydrogen) atoms. The first-order valence-corrected chi connectivity index (χ1v) is 6.74. The van der Waals surface area contributed by atoms with E-state index in [9.17, 15) is 14.4 Å². The van der Waals surface area contributed by atoms with Crippen molar-refractivity contribution in [3.63, 3.8) is 0 Å². The van der Waals surface area contributed by atoms with Crippen LogP contribution in [0.25, 0.3) is 0 Å². The zero-order chi connectivity index (χ0) is 15.3. The molecule has 1 aliphatic rings. The van der Waals surface area contributed by atoms with E-state index in [4.69, 9.17) is 15.6 Å². The Morgan fingerprint density at radius 3 is 2.40 bits per heavy atom. The van der Waals surface area contributed by atoms with Crippen LogP contribution in [0.4, 0.5) is 0 Å². The first-order valence-electron chi connectivity index (χ1n) is 6.74. The number of nitrogens with one attached hydrogen (secondary N) is 1. The number of carbonyl (C=O) groups excluding carboxylic acids is 2. The smallest absolute Gasteiger partial charge is 0.328 e. The number of ether oxygens (including phenoxy) is 1. The van der Waals surface area contributed by atoms with Crippen LogP contribution >= 0.6 is 0 Å². The average molecular weight is 286 g/mol. The highest BCUT2D eigenvalue weighted by Crippen LogP contribution is 2.32. The molecule has 0 unspecified atom stereocenters. The summed E-state index contributed by atoms with van der Waals surface area (Å²) < 4.78 is 5.41. The maximum atomic E-state index is 11.9. The summed E-state index contributed by atoms with van der Waals surface area (Å²) in [5, 5.41) is 10.9. The van der Waals surface area contributed by atoms with E-state index < -0.39 is 42.0 Å². The minimum absolute atomic E-state index is 0.459. The van der Waals surface area contributed by atoms with E-state index in [0.29, 0.717) is 0 Å². The second kappa shape index (κ2) is 6.69. The van der Waals surface area contributed by atoms with E-state index in [1.54, 1.807) is 0 Å². The summed E-state index contributed by atoms with van der Waals surface area (Å²) in [5.41, 5.74) is 4.95. The third-order valence-electron chi connectivity index (χ3n) is 3.45. The molecule has 0 aromatic carbocycles. The molecular formula is C13H22N2O5. The molecule has 1 saturated carbocycles. The number of carbonyl (C=O) groups is 3. The summed E-state index contributed by atoms with van der Waals surface area (Å²) in [6, 6.07) is -2.02. The molecule has 0 aromatic heterocycles. The van der Waals surface area contributed by atoms with Crippen LogP contribution < -0.4 is 11.1 Å². The molecule has 7 heteroatoms. The maximum absolute atomic E-state index is 11.9. The quantitative estimate of drug-likeness (QED) is 0.599. The van der Waals surface area contributed by atoms with Gasteiger partial charge in [0.2, 0.25) is 5.91 Å². The van der Waals surface area contributed by atoms with Gasteiger partial charge in [-0.05, 0) is 39.5 Å². The zero-order valence-corrected chi connectivity index (χ0v) is 11.8. The predicted molar refractivity (Wildman–Crippen MR) is 70.8 cm³/mol. The standard InChI is InChI=1S/C13H22N2O5/c1-8(15-11(18)9(14)7-10(16)17)12(19)20-13(2)5-3-4-6-13/h8-9H,3-7,14H2,1-2H3,(H,15,18)(H,16,17)/t8-,9+/m1/s1. The fraction of sp³-hybridized carbons (Fsp3) is 0.769. The van der Waals surface area contributed by atoms with Crippen LogP contribution in [0.2, 0.25) is 0 Å². The molecule has 7 nitrogen and oxygen atoms in total. The lowest BCUT2D eigenvalue weighted by Gasteiger charge is -2.26. The van der Waals surface area contributed by atoms with Gasteiger partial charge in [-0.25, -0.2) is 4.79 Å². The summed E-state index contributed by atoms with van der Waals surface area (Å²) in [4.78, 5) is 33.9. The minimum atomic E-state index is -1.18. The van der Waals surface area contributed by atoms with Crippen molar-refractivity contribution < 1.29 is 24.2 Å². The Labute approximate surface area is 117 Å². The fourth-order valence-electron chi connectivity index (χ4n) is 2.22. The number of carboxylic acids is 1. The number of hydrogen-bond acceptors (Lipinski definition) is 5. The predicted octanol–water partition coefficient (Wildman–Crippen LogP) is 0.169. The van der Waals surface area contributed by atoms with Crippen molar-refractivity contribution in [1.29, 1.82) is 0 Å². The van der Waals surface area contributed by atoms with Crippen LogP contribution in [-0.4, -0.2) is 40.6 Å². The Morgan fingerprint density at radius 2 is 1.90 bits per heavy atom. The van der Waals surface area contributed by atoms with Crippen molar-refractivity contribution >= 4 is 17.8 Å². The van der Waals surface area contributed by atoms with Crippen molar-refractivity contribution in [2.75, 3.05) is 0 Å². The SMILES string of the molecule is C[C@@H](NC(=O)[C@@H](N)CC(=O)O)C(=O)OC1(C)CCCC1. The molecule has 0 heterocycles. The first-order chi connectivity index (χ1) is 9.23. The summed E-state index contributed by atoms with van der Waals surface area (Å²) in [6.07, 6.45) is 3.20. The highest BCUT2D eigenvalue weighted by Gasteiger charge is 2.34. The molecule has 0 aliphatic heterocycles. The van der Waals surface area contributed by atoms with Gasteiger partial charge >= 0.3 is 11.9 Å². The van der Waals surface area contributed by atoms with E-state index in [1.165, 1.54) is 6.92 Å². The number of aliphatic carboxylic acids is 1. The van der Waals surface area contributed by atoms with E-state index in [-0.39, 0.29) is 0 Å². The molecule has 2 atom stereocenters. The third-order valence-corrected chi connectivity index (χ3v) is 3.45. The highest BCUT2D eigenvalue weighted by molar-refractivity contribution is 5.89. The normalized spacial score (nSPS) is 19.9. The highest BCUT2D eigenvalue weighted by atomic mass is 16.6. The first kappa shape index (κ1) is 16.4. The zero-order valence-electron chi connectivity index (χ0n) is 11.8. The van der Waals surface area contributed by atoms with E-state index in [2.05, 4.69) is 5.32 Å². The monoisotopic (exact) mass is 286 g/mol. The van der Waals surface area contributed by atoms with Gasteiger partial charge in [0.25, 0.3) is 0 Å². The molecule has 114 valence electrons. The van der Waals surface area contributed by atoms with Gasteiger partial charge in [-0.1, -0.05) is 0 Å². The topological polar surface area (TPSA) is 119 Å². The average Bonchev–Trinajstić information content (AvgIpc) is 2.74. The fourth-order valence-corrected chi connectivity index (χ4v) is 2.22. The number of carboxylic acid groups (broad SMARTS) is 1. The Bertz CT molecular complexity index is 390. The Balaban J connectivity index is 2.45. The lowest BCUT2D eigenvalue weighted by molar-refractivity contribution is -0.160. The molecule has 0 spiro atoms.